The fourth-order valence-corrected chi connectivity index (χ4v) is 4.38. The highest BCUT2D eigenvalue weighted by atomic mass is 16.7. The van der Waals surface area contributed by atoms with Crippen LogP contribution in [0.4, 0.5) is 11.8 Å². The normalized spacial score (nSPS) is 18.5. The Bertz CT molecular complexity index is 1010. The summed E-state index contributed by atoms with van der Waals surface area (Å²) in [5.41, 5.74) is 1.90. The fraction of sp³-hybridized carbons (Fsp3) is 0.458. The first-order valence-corrected chi connectivity index (χ1v) is 11.4. The third-order valence-electron chi connectivity index (χ3n) is 6.20. The molecule has 4 heterocycles. The van der Waals surface area contributed by atoms with E-state index in [9.17, 15) is 4.79 Å². The van der Waals surface area contributed by atoms with Crippen molar-refractivity contribution in [3.05, 3.63) is 41.6 Å². The number of hydrogen-bond acceptors (Lipinski definition) is 7. The van der Waals surface area contributed by atoms with Crippen molar-refractivity contribution >= 4 is 23.7 Å². The van der Waals surface area contributed by atoms with Crippen LogP contribution in [-0.4, -0.2) is 66.8 Å². The minimum Gasteiger partial charge on any atom is -0.454 e. The zero-order chi connectivity index (χ0) is 21.9. The van der Waals surface area contributed by atoms with Crippen molar-refractivity contribution in [3.8, 4) is 11.5 Å². The van der Waals surface area contributed by atoms with Crippen LogP contribution in [0.2, 0.25) is 0 Å². The van der Waals surface area contributed by atoms with Crippen LogP contribution in [0.15, 0.2) is 30.3 Å². The summed E-state index contributed by atoms with van der Waals surface area (Å²) >= 11 is 0. The molecule has 8 heteroatoms. The van der Waals surface area contributed by atoms with Crippen LogP contribution in [0, 0.1) is 6.92 Å². The fourth-order valence-electron chi connectivity index (χ4n) is 4.38. The molecule has 8 nitrogen and oxygen atoms in total. The minimum absolute atomic E-state index is 0.0153. The van der Waals surface area contributed by atoms with Gasteiger partial charge in [0, 0.05) is 57.1 Å². The van der Waals surface area contributed by atoms with E-state index < -0.39 is 0 Å². The van der Waals surface area contributed by atoms with E-state index in [2.05, 4.69) is 20.9 Å². The predicted octanol–water partition coefficient (Wildman–Crippen LogP) is 2.87. The number of amides is 1. The van der Waals surface area contributed by atoms with Gasteiger partial charge in [0.25, 0.3) is 0 Å². The van der Waals surface area contributed by atoms with Gasteiger partial charge in [0.1, 0.15) is 5.82 Å². The number of rotatable bonds is 4. The summed E-state index contributed by atoms with van der Waals surface area (Å²) in [7, 11) is 0. The molecule has 0 bridgehead atoms. The number of aromatic nitrogens is 2. The third kappa shape index (κ3) is 4.49. The van der Waals surface area contributed by atoms with E-state index >= 15 is 0 Å². The number of anilines is 2. The Labute approximate surface area is 188 Å². The molecule has 1 aromatic carbocycles. The van der Waals surface area contributed by atoms with Gasteiger partial charge < -0.3 is 24.2 Å². The molecular formula is C24H29N5O3. The number of piperazine rings is 1. The molecule has 168 valence electrons. The Kier molecular flexibility index (Phi) is 5.83. The molecule has 3 aliphatic rings. The molecule has 0 aliphatic carbocycles. The topological polar surface area (TPSA) is 71.0 Å². The predicted molar refractivity (Wildman–Crippen MR) is 123 cm³/mol. The number of nitrogens with zero attached hydrogens (tertiary/aromatic N) is 5. The third-order valence-corrected chi connectivity index (χ3v) is 6.20. The van der Waals surface area contributed by atoms with Gasteiger partial charge in [-0.25, -0.2) is 4.98 Å². The highest BCUT2D eigenvalue weighted by Gasteiger charge is 2.23. The second-order valence-electron chi connectivity index (χ2n) is 8.47. The first kappa shape index (κ1) is 20.6. The lowest BCUT2D eigenvalue weighted by molar-refractivity contribution is -0.126. The molecule has 3 aliphatic heterocycles. The first-order chi connectivity index (χ1) is 15.7. The van der Waals surface area contributed by atoms with Crippen molar-refractivity contribution < 1.29 is 14.3 Å². The minimum atomic E-state index is 0.0153. The smallest absolute Gasteiger partial charge is 0.246 e. The Balaban J connectivity index is 1.19. The zero-order valence-corrected chi connectivity index (χ0v) is 18.5. The molecule has 5 rings (SSSR count). The zero-order valence-electron chi connectivity index (χ0n) is 18.5. The number of piperidine rings is 1. The van der Waals surface area contributed by atoms with Crippen LogP contribution in [0.1, 0.15) is 30.5 Å². The number of ether oxygens (including phenoxy) is 2. The average molecular weight is 436 g/mol. The van der Waals surface area contributed by atoms with E-state index in [0.29, 0.717) is 13.1 Å². The number of hydrogen-bond donors (Lipinski definition) is 0. The molecule has 0 N–H and O–H groups in total. The molecule has 2 saturated heterocycles. The van der Waals surface area contributed by atoms with Gasteiger partial charge in [-0.2, -0.15) is 4.98 Å². The van der Waals surface area contributed by atoms with Gasteiger partial charge in [0.05, 0.1) is 0 Å². The largest absolute Gasteiger partial charge is 0.454 e. The van der Waals surface area contributed by atoms with Gasteiger partial charge in [-0.1, -0.05) is 6.07 Å². The van der Waals surface area contributed by atoms with Gasteiger partial charge in [0.2, 0.25) is 18.6 Å². The maximum atomic E-state index is 12.7. The van der Waals surface area contributed by atoms with Gasteiger partial charge in [-0.15, -0.1) is 0 Å². The summed E-state index contributed by atoms with van der Waals surface area (Å²) < 4.78 is 10.7. The number of carbonyl (C=O) groups excluding carboxylic acids is 1. The Morgan fingerprint density at radius 2 is 1.69 bits per heavy atom. The van der Waals surface area contributed by atoms with E-state index in [1.807, 2.05) is 36.1 Å². The molecule has 0 radical (unpaired) electrons. The Morgan fingerprint density at radius 1 is 0.906 bits per heavy atom. The van der Waals surface area contributed by atoms with Crippen LogP contribution in [0.25, 0.3) is 6.08 Å². The van der Waals surface area contributed by atoms with Gasteiger partial charge in [-0.05, 0) is 50.0 Å². The lowest BCUT2D eigenvalue weighted by Crippen LogP contribution is -2.49. The standard InChI is InChI=1S/C24H29N5O3/c1-18-15-22(27-9-3-2-4-10-27)26-24(25-18)29-13-11-28(12-14-29)23(30)8-6-19-5-7-20-21(16-19)32-17-31-20/h5-8,15-16H,2-4,9-14,17H2,1H3/b8-6+. The summed E-state index contributed by atoms with van der Waals surface area (Å²) in [6.45, 7) is 7.16. The molecule has 0 unspecified atom stereocenters. The highest BCUT2D eigenvalue weighted by Crippen LogP contribution is 2.32. The first-order valence-electron chi connectivity index (χ1n) is 11.4. The Morgan fingerprint density at radius 3 is 2.50 bits per heavy atom. The lowest BCUT2D eigenvalue weighted by Gasteiger charge is -2.35. The molecular weight excluding hydrogens is 406 g/mol. The van der Waals surface area contributed by atoms with Crippen molar-refractivity contribution in [2.75, 3.05) is 55.9 Å². The van der Waals surface area contributed by atoms with Crippen LogP contribution in [0.5, 0.6) is 11.5 Å². The number of aryl methyl sites for hydroxylation is 1. The molecule has 0 spiro atoms. The van der Waals surface area contributed by atoms with Crippen LogP contribution in [0.3, 0.4) is 0 Å². The van der Waals surface area contributed by atoms with Gasteiger partial charge >= 0.3 is 0 Å². The summed E-state index contributed by atoms with van der Waals surface area (Å²) in [6.07, 6.45) is 7.19. The van der Waals surface area contributed by atoms with Crippen LogP contribution in [-0.2, 0) is 4.79 Å². The monoisotopic (exact) mass is 435 g/mol. The number of carbonyl (C=O) groups is 1. The maximum Gasteiger partial charge on any atom is 0.246 e. The van der Waals surface area contributed by atoms with Crippen LogP contribution >= 0.6 is 0 Å². The summed E-state index contributed by atoms with van der Waals surface area (Å²) in [5.74, 6) is 3.27. The summed E-state index contributed by atoms with van der Waals surface area (Å²) in [5, 5.41) is 0. The lowest BCUT2D eigenvalue weighted by atomic mass is 10.1. The van der Waals surface area contributed by atoms with Crippen LogP contribution < -0.4 is 19.3 Å². The number of benzene rings is 1. The van der Waals surface area contributed by atoms with Crippen molar-refractivity contribution in [1.29, 1.82) is 0 Å². The van der Waals surface area contributed by atoms with Gasteiger partial charge in [0.15, 0.2) is 11.5 Å². The maximum absolute atomic E-state index is 12.7. The second-order valence-corrected chi connectivity index (χ2v) is 8.47. The van der Waals surface area contributed by atoms with E-state index in [0.717, 1.165) is 60.7 Å². The molecule has 32 heavy (non-hydrogen) atoms. The van der Waals surface area contributed by atoms with Crippen molar-refractivity contribution in [1.82, 2.24) is 14.9 Å². The molecule has 1 amide bonds. The van der Waals surface area contributed by atoms with E-state index in [1.165, 1.54) is 19.3 Å². The van der Waals surface area contributed by atoms with Gasteiger partial charge in [-0.3, -0.25) is 4.79 Å². The van der Waals surface area contributed by atoms with Crippen molar-refractivity contribution in [3.63, 3.8) is 0 Å². The van der Waals surface area contributed by atoms with E-state index in [4.69, 9.17) is 14.5 Å². The molecule has 1 aromatic heterocycles. The van der Waals surface area contributed by atoms with Crippen molar-refractivity contribution in [2.24, 2.45) is 0 Å². The van der Waals surface area contributed by atoms with E-state index in [-0.39, 0.29) is 12.7 Å². The quantitative estimate of drug-likeness (QED) is 0.684. The number of fused-ring (bicyclic) bond motifs is 1. The SMILES string of the molecule is Cc1cc(N2CCCCC2)nc(N2CCN(C(=O)/C=C/c3ccc4c(c3)OCO4)CC2)n1. The second kappa shape index (κ2) is 9.06. The summed E-state index contributed by atoms with van der Waals surface area (Å²) in [6, 6.07) is 7.75. The molecule has 0 saturated carbocycles. The van der Waals surface area contributed by atoms with Crippen molar-refractivity contribution in [2.45, 2.75) is 26.2 Å². The Hall–Kier alpha value is -3.29. The van der Waals surface area contributed by atoms with E-state index in [1.54, 1.807) is 6.08 Å². The highest BCUT2D eigenvalue weighted by molar-refractivity contribution is 5.92. The summed E-state index contributed by atoms with van der Waals surface area (Å²) in [4.78, 5) is 28.6. The molecule has 2 aromatic rings. The molecule has 0 atom stereocenters. The average Bonchev–Trinajstić information content (AvgIpc) is 3.31. The molecule has 2 fully saturated rings.